The highest BCUT2D eigenvalue weighted by Crippen LogP contribution is 2.27. The second-order valence-corrected chi connectivity index (χ2v) is 6.73. The van der Waals surface area contributed by atoms with Gasteiger partial charge in [-0.1, -0.05) is 26.0 Å². The SMILES string of the molecule is CC(C)Oc1ncccc1CNC(c1cccs1)C(C)C. The second-order valence-electron chi connectivity index (χ2n) is 5.75. The third-order valence-electron chi connectivity index (χ3n) is 3.23. The molecule has 0 radical (unpaired) electrons. The van der Waals surface area contributed by atoms with Gasteiger partial charge in [-0.2, -0.15) is 0 Å². The molecular formula is C17H24N2OS. The van der Waals surface area contributed by atoms with E-state index in [9.17, 15) is 0 Å². The van der Waals surface area contributed by atoms with E-state index in [0.29, 0.717) is 12.0 Å². The van der Waals surface area contributed by atoms with Gasteiger partial charge in [-0.05, 0) is 37.3 Å². The predicted molar refractivity (Wildman–Crippen MR) is 88.7 cm³/mol. The van der Waals surface area contributed by atoms with Gasteiger partial charge in [0.15, 0.2) is 0 Å². The summed E-state index contributed by atoms with van der Waals surface area (Å²) in [7, 11) is 0. The molecule has 1 N–H and O–H groups in total. The lowest BCUT2D eigenvalue weighted by atomic mass is 10.0. The summed E-state index contributed by atoms with van der Waals surface area (Å²) in [5.74, 6) is 1.27. The monoisotopic (exact) mass is 304 g/mol. The maximum atomic E-state index is 5.78. The van der Waals surface area contributed by atoms with E-state index in [1.807, 2.05) is 19.9 Å². The van der Waals surface area contributed by atoms with Gasteiger partial charge in [0.25, 0.3) is 0 Å². The Bertz CT molecular complexity index is 537. The minimum atomic E-state index is 0.136. The molecule has 1 atom stereocenters. The van der Waals surface area contributed by atoms with E-state index in [2.05, 4.69) is 47.7 Å². The topological polar surface area (TPSA) is 34.1 Å². The number of aromatic nitrogens is 1. The molecule has 0 amide bonds. The lowest BCUT2D eigenvalue weighted by molar-refractivity contribution is 0.229. The molecule has 2 heterocycles. The van der Waals surface area contributed by atoms with E-state index in [4.69, 9.17) is 4.74 Å². The zero-order chi connectivity index (χ0) is 15.2. The molecule has 114 valence electrons. The summed E-state index contributed by atoms with van der Waals surface area (Å²) in [4.78, 5) is 5.72. The van der Waals surface area contributed by atoms with Crippen molar-refractivity contribution < 1.29 is 4.74 Å². The van der Waals surface area contributed by atoms with Gasteiger partial charge in [0.2, 0.25) is 5.88 Å². The van der Waals surface area contributed by atoms with E-state index in [1.54, 1.807) is 17.5 Å². The van der Waals surface area contributed by atoms with Crippen LogP contribution in [0.1, 0.15) is 44.2 Å². The summed E-state index contributed by atoms with van der Waals surface area (Å²) >= 11 is 1.80. The first-order valence-electron chi connectivity index (χ1n) is 7.45. The van der Waals surface area contributed by atoms with Crippen LogP contribution in [-0.2, 0) is 6.54 Å². The molecule has 0 aliphatic rings. The number of pyridine rings is 1. The van der Waals surface area contributed by atoms with E-state index >= 15 is 0 Å². The van der Waals surface area contributed by atoms with E-state index < -0.39 is 0 Å². The van der Waals surface area contributed by atoms with Crippen LogP contribution in [-0.4, -0.2) is 11.1 Å². The van der Waals surface area contributed by atoms with Gasteiger partial charge in [-0.3, -0.25) is 0 Å². The molecule has 0 saturated carbocycles. The minimum Gasteiger partial charge on any atom is -0.475 e. The Balaban J connectivity index is 2.07. The molecule has 2 rings (SSSR count). The van der Waals surface area contributed by atoms with Crippen LogP contribution in [0, 0.1) is 5.92 Å². The van der Waals surface area contributed by atoms with Crippen molar-refractivity contribution in [3.05, 3.63) is 46.3 Å². The van der Waals surface area contributed by atoms with Gasteiger partial charge < -0.3 is 10.1 Å². The summed E-state index contributed by atoms with van der Waals surface area (Å²) in [5.41, 5.74) is 1.11. The number of hydrogen-bond acceptors (Lipinski definition) is 4. The van der Waals surface area contributed by atoms with Gasteiger partial charge in [0.1, 0.15) is 0 Å². The van der Waals surface area contributed by atoms with Crippen LogP contribution in [0.2, 0.25) is 0 Å². The molecule has 3 nitrogen and oxygen atoms in total. The van der Waals surface area contributed by atoms with Crippen LogP contribution < -0.4 is 10.1 Å². The number of rotatable bonds is 7. The number of nitrogens with one attached hydrogen (secondary N) is 1. The van der Waals surface area contributed by atoms with Gasteiger partial charge in [-0.25, -0.2) is 4.98 Å². The van der Waals surface area contributed by atoms with E-state index in [-0.39, 0.29) is 6.10 Å². The summed E-state index contributed by atoms with van der Waals surface area (Å²) in [6, 6.07) is 8.69. The molecule has 0 fully saturated rings. The smallest absolute Gasteiger partial charge is 0.218 e. The highest BCUT2D eigenvalue weighted by atomic mass is 32.1. The summed E-state index contributed by atoms with van der Waals surface area (Å²) < 4.78 is 5.78. The minimum absolute atomic E-state index is 0.136. The molecule has 2 aromatic heterocycles. The van der Waals surface area contributed by atoms with Crippen LogP contribution in [0.25, 0.3) is 0 Å². The summed E-state index contributed by atoms with van der Waals surface area (Å²) in [5, 5.41) is 5.77. The molecule has 0 saturated heterocycles. The molecule has 0 bridgehead atoms. The molecule has 21 heavy (non-hydrogen) atoms. The molecule has 1 unspecified atom stereocenters. The van der Waals surface area contributed by atoms with Crippen molar-refractivity contribution in [3.8, 4) is 5.88 Å². The third-order valence-corrected chi connectivity index (χ3v) is 4.18. The van der Waals surface area contributed by atoms with Gasteiger partial charge in [0.05, 0.1) is 6.10 Å². The zero-order valence-corrected chi connectivity index (χ0v) is 14.0. The highest BCUT2D eigenvalue weighted by Gasteiger charge is 2.17. The fourth-order valence-corrected chi connectivity index (χ4v) is 3.21. The van der Waals surface area contributed by atoms with Crippen molar-refractivity contribution in [1.82, 2.24) is 10.3 Å². The first-order chi connectivity index (χ1) is 10.1. The second kappa shape index (κ2) is 7.57. The Morgan fingerprint density at radius 3 is 2.62 bits per heavy atom. The normalized spacial score (nSPS) is 12.9. The zero-order valence-electron chi connectivity index (χ0n) is 13.2. The van der Waals surface area contributed by atoms with Crippen molar-refractivity contribution in [2.75, 3.05) is 0 Å². The fraction of sp³-hybridized carbons (Fsp3) is 0.471. The van der Waals surface area contributed by atoms with Crippen LogP contribution >= 0.6 is 11.3 Å². The van der Waals surface area contributed by atoms with Crippen LogP contribution in [0.15, 0.2) is 35.8 Å². The number of thiophene rings is 1. The first-order valence-corrected chi connectivity index (χ1v) is 8.33. The summed E-state index contributed by atoms with van der Waals surface area (Å²) in [6.07, 6.45) is 1.91. The maximum Gasteiger partial charge on any atom is 0.218 e. The molecule has 0 aliphatic heterocycles. The molecular weight excluding hydrogens is 280 g/mol. The van der Waals surface area contributed by atoms with Gasteiger partial charge >= 0.3 is 0 Å². The quantitative estimate of drug-likeness (QED) is 0.822. The fourth-order valence-electron chi connectivity index (χ4n) is 2.24. The van der Waals surface area contributed by atoms with Crippen LogP contribution in [0.4, 0.5) is 0 Å². The molecule has 0 aliphatic carbocycles. The predicted octanol–water partition coefficient (Wildman–Crippen LogP) is 4.42. The number of hydrogen-bond donors (Lipinski definition) is 1. The standard InChI is InChI=1S/C17H24N2OS/c1-12(2)16(15-8-6-10-21-15)19-11-14-7-5-9-18-17(14)20-13(3)4/h5-10,12-13,16,19H,11H2,1-4H3. The van der Waals surface area contributed by atoms with Crippen molar-refractivity contribution in [2.24, 2.45) is 5.92 Å². The van der Waals surface area contributed by atoms with Gasteiger partial charge in [-0.15, -0.1) is 11.3 Å². The molecule has 0 spiro atoms. The average molecular weight is 304 g/mol. The Hall–Kier alpha value is -1.39. The third kappa shape index (κ3) is 4.55. The number of ether oxygens (including phenoxy) is 1. The highest BCUT2D eigenvalue weighted by molar-refractivity contribution is 7.10. The lowest BCUT2D eigenvalue weighted by Crippen LogP contribution is -2.25. The van der Waals surface area contributed by atoms with Crippen molar-refractivity contribution in [1.29, 1.82) is 0 Å². The van der Waals surface area contributed by atoms with Crippen LogP contribution in [0.5, 0.6) is 5.88 Å². The largest absolute Gasteiger partial charge is 0.475 e. The lowest BCUT2D eigenvalue weighted by Gasteiger charge is -2.22. The van der Waals surface area contributed by atoms with Crippen molar-refractivity contribution in [2.45, 2.75) is 46.4 Å². The van der Waals surface area contributed by atoms with Gasteiger partial charge in [0, 0.05) is 29.2 Å². The number of nitrogens with zero attached hydrogens (tertiary/aromatic N) is 1. The molecule has 0 aromatic carbocycles. The van der Waals surface area contributed by atoms with E-state index in [0.717, 1.165) is 18.0 Å². The Kier molecular flexibility index (Phi) is 5.76. The molecule has 2 aromatic rings. The summed E-state index contributed by atoms with van der Waals surface area (Å²) in [6.45, 7) is 9.29. The Morgan fingerprint density at radius 1 is 1.19 bits per heavy atom. The first kappa shape index (κ1) is 16.0. The maximum absolute atomic E-state index is 5.78. The van der Waals surface area contributed by atoms with Crippen LogP contribution in [0.3, 0.4) is 0 Å². The Labute approximate surface area is 131 Å². The Morgan fingerprint density at radius 2 is 2.00 bits per heavy atom. The van der Waals surface area contributed by atoms with Crippen molar-refractivity contribution in [3.63, 3.8) is 0 Å². The van der Waals surface area contributed by atoms with Crippen molar-refractivity contribution >= 4 is 11.3 Å². The average Bonchev–Trinajstić information content (AvgIpc) is 2.93. The molecule has 4 heteroatoms. The van der Waals surface area contributed by atoms with E-state index in [1.165, 1.54) is 4.88 Å².